The number of hydrogen-bond acceptors (Lipinski definition) is 6. The first-order valence-corrected chi connectivity index (χ1v) is 9.58. The quantitative estimate of drug-likeness (QED) is 0.621. The molecule has 3 rings (SSSR count). The van der Waals surface area contributed by atoms with Crippen LogP contribution in [0.15, 0.2) is 29.6 Å². The van der Waals surface area contributed by atoms with E-state index in [1.165, 1.54) is 29.6 Å². The van der Waals surface area contributed by atoms with Crippen molar-refractivity contribution < 1.29 is 14.3 Å². The summed E-state index contributed by atoms with van der Waals surface area (Å²) in [6.45, 7) is 5.99. The maximum Gasteiger partial charge on any atom is 0.349 e. The lowest BCUT2D eigenvalue weighted by Gasteiger charge is -2.14. The smallest absolute Gasteiger partial charge is 0.349 e. The summed E-state index contributed by atoms with van der Waals surface area (Å²) in [5.74, 6) is -0.395. The molecule has 2 aromatic heterocycles. The summed E-state index contributed by atoms with van der Waals surface area (Å²) in [6, 6.07) is 7.92. The molecule has 0 unspecified atom stereocenters. The van der Waals surface area contributed by atoms with Crippen LogP contribution in [0.25, 0.3) is 10.1 Å². The Morgan fingerprint density at radius 1 is 1.28 bits per heavy atom. The number of carbonyl (C=O) groups excluding carboxylic acids is 2. The molecule has 0 spiro atoms. The highest BCUT2D eigenvalue weighted by atomic mass is 32.1. The molecule has 0 bridgehead atoms. The molecular weight excluding hydrogens is 356 g/mol. The Morgan fingerprint density at radius 3 is 2.72 bits per heavy atom. The van der Waals surface area contributed by atoms with Crippen LogP contribution in [0.4, 0.5) is 5.13 Å². The van der Waals surface area contributed by atoms with E-state index in [0.717, 1.165) is 15.6 Å². The Kier molecular flexibility index (Phi) is 5.15. The highest BCUT2D eigenvalue weighted by Gasteiger charge is 2.18. The minimum Gasteiger partial charge on any atom is -0.455 e. The van der Waals surface area contributed by atoms with Gasteiger partial charge in [-0.3, -0.25) is 9.69 Å². The number of benzene rings is 1. The van der Waals surface area contributed by atoms with Crippen LogP contribution in [0, 0.1) is 6.92 Å². The normalized spacial score (nSPS) is 10.8. The number of thiazole rings is 1. The van der Waals surface area contributed by atoms with Crippen LogP contribution in [-0.4, -0.2) is 23.4 Å². The van der Waals surface area contributed by atoms with Crippen molar-refractivity contribution in [2.45, 2.75) is 27.4 Å². The summed E-state index contributed by atoms with van der Waals surface area (Å²) in [6.07, 6.45) is 0. The number of esters is 1. The Morgan fingerprint density at radius 2 is 2.04 bits per heavy atom. The van der Waals surface area contributed by atoms with Crippen molar-refractivity contribution in [3.05, 3.63) is 45.8 Å². The van der Waals surface area contributed by atoms with Gasteiger partial charge in [-0.25, -0.2) is 9.78 Å². The summed E-state index contributed by atoms with van der Waals surface area (Å²) in [5, 5.41) is 3.51. The summed E-state index contributed by atoms with van der Waals surface area (Å²) in [4.78, 5) is 30.6. The van der Waals surface area contributed by atoms with Gasteiger partial charge >= 0.3 is 5.97 Å². The molecule has 2 heterocycles. The van der Waals surface area contributed by atoms with E-state index in [2.05, 4.69) is 4.98 Å². The highest BCUT2D eigenvalue weighted by molar-refractivity contribution is 7.21. The number of hydrogen-bond donors (Lipinski definition) is 0. The zero-order valence-corrected chi connectivity index (χ0v) is 15.9. The standard InChI is InChI=1S/C18H18N2O3S2/c1-4-20(12(3)21)18-19-13(10-24-18)9-23-17(22)16-11(2)14-7-5-6-8-15(14)25-16/h5-8,10H,4,9H2,1-3H3. The third-order valence-electron chi connectivity index (χ3n) is 3.85. The molecule has 130 valence electrons. The molecule has 0 radical (unpaired) electrons. The van der Waals surface area contributed by atoms with E-state index in [1.807, 2.05) is 43.5 Å². The van der Waals surface area contributed by atoms with Gasteiger partial charge in [0.05, 0.1) is 5.69 Å². The van der Waals surface area contributed by atoms with Crippen LogP contribution >= 0.6 is 22.7 Å². The molecule has 0 N–H and O–H groups in total. The van der Waals surface area contributed by atoms with Crippen LogP contribution in [0.1, 0.15) is 34.8 Å². The Hall–Kier alpha value is -2.25. The maximum atomic E-state index is 12.4. The lowest BCUT2D eigenvalue weighted by molar-refractivity contribution is -0.116. The van der Waals surface area contributed by atoms with Crippen molar-refractivity contribution in [1.82, 2.24) is 4.98 Å². The van der Waals surface area contributed by atoms with Crippen LogP contribution < -0.4 is 4.90 Å². The van der Waals surface area contributed by atoms with Crippen molar-refractivity contribution >= 4 is 49.8 Å². The first-order valence-electron chi connectivity index (χ1n) is 7.89. The second-order valence-electron chi connectivity index (χ2n) is 5.51. The molecule has 0 fully saturated rings. The molecule has 0 saturated carbocycles. The third kappa shape index (κ3) is 3.57. The van der Waals surface area contributed by atoms with E-state index in [-0.39, 0.29) is 18.5 Å². The van der Waals surface area contributed by atoms with Gasteiger partial charge in [0.2, 0.25) is 5.91 Å². The molecule has 0 atom stereocenters. The lowest BCUT2D eigenvalue weighted by Crippen LogP contribution is -2.27. The molecule has 0 aliphatic heterocycles. The fourth-order valence-electron chi connectivity index (χ4n) is 2.55. The van der Waals surface area contributed by atoms with E-state index in [1.54, 1.807) is 4.90 Å². The van der Waals surface area contributed by atoms with E-state index in [4.69, 9.17) is 4.74 Å². The van der Waals surface area contributed by atoms with Gasteiger partial charge in [0.1, 0.15) is 11.5 Å². The number of aromatic nitrogens is 1. The lowest BCUT2D eigenvalue weighted by atomic mass is 10.1. The SMILES string of the molecule is CCN(C(C)=O)c1nc(COC(=O)c2sc3ccccc3c2C)cs1. The number of amides is 1. The van der Waals surface area contributed by atoms with Gasteiger partial charge in [-0.2, -0.15) is 0 Å². The Labute approximate surface area is 153 Å². The van der Waals surface area contributed by atoms with Gasteiger partial charge < -0.3 is 4.74 Å². The van der Waals surface area contributed by atoms with Crippen molar-refractivity contribution in [2.24, 2.45) is 0 Å². The fourth-order valence-corrected chi connectivity index (χ4v) is 4.57. The first kappa shape index (κ1) is 17.6. The topological polar surface area (TPSA) is 59.5 Å². The van der Waals surface area contributed by atoms with E-state index in [9.17, 15) is 9.59 Å². The van der Waals surface area contributed by atoms with Crippen molar-refractivity contribution in [2.75, 3.05) is 11.4 Å². The van der Waals surface area contributed by atoms with E-state index < -0.39 is 0 Å². The van der Waals surface area contributed by atoms with Crippen LogP contribution in [-0.2, 0) is 16.1 Å². The van der Waals surface area contributed by atoms with Gasteiger partial charge in [-0.15, -0.1) is 22.7 Å². The minimum absolute atomic E-state index is 0.0544. The predicted octanol–water partition coefficient (Wildman–Crippen LogP) is 4.40. The number of thiophene rings is 1. The summed E-state index contributed by atoms with van der Waals surface area (Å²) < 4.78 is 6.50. The molecular formula is C18H18N2O3S2. The molecule has 0 aliphatic carbocycles. The second-order valence-corrected chi connectivity index (χ2v) is 7.40. The predicted molar refractivity (Wildman–Crippen MR) is 101 cm³/mol. The average Bonchev–Trinajstić information content (AvgIpc) is 3.19. The second kappa shape index (κ2) is 7.33. The summed E-state index contributed by atoms with van der Waals surface area (Å²) in [5.41, 5.74) is 1.59. The largest absolute Gasteiger partial charge is 0.455 e. The van der Waals surface area contributed by atoms with Gasteiger partial charge in [-0.05, 0) is 30.9 Å². The number of nitrogens with zero attached hydrogens (tertiary/aromatic N) is 2. The zero-order valence-electron chi connectivity index (χ0n) is 14.2. The summed E-state index contributed by atoms with van der Waals surface area (Å²) >= 11 is 2.81. The highest BCUT2D eigenvalue weighted by Crippen LogP contribution is 2.31. The molecule has 0 saturated heterocycles. The fraction of sp³-hybridized carbons (Fsp3) is 0.278. The molecule has 1 amide bonds. The van der Waals surface area contributed by atoms with E-state index >= 15 is 0 Å². The number of anilines is 1. The summed E-state index contributed by atoms with van der Waals surface area (Å²) in [7, 11) is 0. The first-order chi connectivity index (χ1) is 12.0. The van der Waals surface area contributed by atoms with Crippen molar-refractivity contribution in [1.29, 1.82) is 0 Å². The molecule has 25 heavy (non-hydrogen) atoms. The van der Waals surface area contributed by atoms with Crippen LogP contribution in [0.5, 0.6) is 0 Å². The molecule has 3 aromatic rings. The van der Waals surface area contributed by atoms with Crippen molar-refractivity contribution in [3.63, 3.8) is 0 Å². The Balaban J connectivity index is 1.71. The molecule has 5 nitrogen and oxygen atoms in total. The van der Waals surface area contributed by atoms with Gasteiger partial charge in [0.15, 0.2) is 5.13 Å². The zero-order chi connectivity index (χ0) is 18.0. The minimum atomic E-state index is -0.341. The monoisotopic (exact) mass is 374 g/mol. The number of carbonyl (C=O) groups is 2. The van der Waals surface area contributed by atoms with Gasteiger partial charge in [0, 0.05) is 23.5 Å². The maximum absolute atomic E-state index is 12.4. The van der Waals surface area contributed by atoms with Crippen LogP contribution in [0.2, 0.25) is 0 Å². The van der Waals surface area contributed by atoms with Gasteiger partial charge in [0.25, 0.3) is 0 Å². The third-order valence-corrected chi connectivity index (χ3v) is 6.01. The number of aryl methyl sites for hydroxylation is 1. The Bertz CT molecular complexity index is 929. The van der Waals surface area contributed by atoms with Crippen LogP contribution in [0.3, 0.4) is 0 Å². The number of rotatable bonds is 5. The molecule has 1 aromatic carbocycles. The number of fused-ring (bicyclic) bond motifs is 1. The number of ether oxygens (including phenoxy) is 1. The van der Waals surface area contributed by atoms with Crippen molar-refractivity contribution in [3.8, 4) is 0 Å². The average molecular weight is 374 g/mol. The molecule has 7 heteroatoms. The molecule has 0 aliphatic rings. The van der Waals surface area contributed by atoms with E-state index in [0.29, 0.717) is 22.2 Å². The van der Waals surface area contributed by atoms with Gasteiger partial charge in [-0.1, -0.05) is 18.2 Å².